The van der Waals surface area contributed by atoms with Gasteiger partial charge in [0.25, 0.3) is 0 Å². The Labute approximate surface area is 116 Å². The molecule has 0 aliphatic heterocycles. The minimum absolute atomic E-state index is 0.0510. The Morgan fingerprint density at radius 3 is 2.20 bits per heavy atom. The highest BCUT2D eigenvalue weighted by Gasteiger charge is 2.27. The van der Waals surface area contributed by atoms with Crippen LogP contribution in [0.1, 0.15) is 27.7 Å². The molecule has 20 heavy (non-hydrogen) atoms. The van der Waals surface area contributed by atoms with Gasteiger partial charge >= 0.3 is 6.18 Å². The summed E-state index contributed by atoms with van der Waals surface area (Å²) in [6.45, 7) is 4.97. The molecule has 0 aliphatic rings. The molecule has 0 heterocycles. The minimum atomic E-state index is -4.38. The highest BCUT2D eigenvalue weighted by molar-refractivity contribution is 5.89. The van der Waals surface area contributed by atoms with Crippen molar-refractivity contribution in [2.24, 2.45) is 5.41 Å². The first-order valence-electron chi connectivity index (χ1n) is 6.16. The standard InChI is InChI=1S/C12H21F3N2O3/c1-8(17-10(19)11(2,3)4)9(18)16-5-6-20-7-12(13,14)15/h8H,5-7H2,1-4H3,(H,16,18)(H,17,19). The lowest BCUT2D eigenvalue weighted by atomic mass is 9.95. The van der Waals surface area contributed by atoms with E-state index in [0.29, 0.717) is 0 Å². The quantitative estimate of drug-likeness (QED) is 0.725. The summed E-state index contributed by atoms with van der Waals surface area (Å²) in [5.41, 5.74) is -0.621. The molecule has 2 N–H and O–H groups in total. The summed E-state index contributed by atoms with van der Waals surface area (Å²) < 4.78 is 39.6. The minimum Gasteiger partial charge on any atom is -0.370 e. The van der Waals surface area contributed by atoms with Gasteiger partial charge in [-0.3, -0.25) is 9.59 Å². The van der Waals surface area contributed by atoms with E-state index >= 15 is 0 Å². The van der Waals surface area contributed by atoms with Crippen molar-refractivity contribution in [1.82, 2.24) is 10.6 Å². The number of nitrogens with one attached hydrogen (secondary N) is 2. The topological polar surface area (TPSA) is 67.4 Å². The first-order valence-corrected chi connectivity index (χ1v) is 6.16. The molecule has 0 aromatic rings. The van der Waals surface area contributed by atoms with Crippen LogP contribution in [0.25, 0.3) is 0 Å². The van der Waals surface area contributed by atoms with Gasteiger partial charge in [-0.25, -0.2) is 0 Å². The van der Waals surface area contributed by atoms with Crippen LogP contribution in [0.2, 0.25) is 0 Å². The van der Waals surface area contributed by atoms with Crippen LogP contribution in [0.15, 0.2) is 0 Å². The number of hydrogen-bond acceptors (Lipinski definition) is 3. The Hall–Kier alpha value is -1.31. The van der Waals surface area contributed by atoms with Gasteiger partial charge < -0.3 is 15.4 Å². The summed E-state index contributed by atoms with van der Waals surface area (Å²) in [6.07, 6.45) is -4.38. The lowest BCUT2D eigenvalue weighted by Gasteiger charge is -2.21. The van der Waals surface area contributed by atoms with Crippen molar-refractivity contribution in [1.29, 1.82) is 0 Å². The molecule has 1 unspecified atom stereocenters. The molecule has 118 valence electrons. The van der Waals surface area contributed by atoms with Gasteiger partial charge in [0.1, 0.15) is 12.6 Å². The van der Waals surface area contributed by atoms with Gasteiger partial charge in [0.2, 0.25) is 11.8 Å². The van der Waals surface area contributed by atoms with Crippen molar-refractivity contribution >= 4 is 11.8 Å². The normalized spacial score (nSPS) is 13.8. The van der Waals surface area contributed by atoms with E-state index in [9.17, 15) is 22.8 Å². The second-order valence-electron chi connectivity index (χ2n) is 5.40. The smallest absolute Gasteiger partial charge is 0.370 e. The molecule has 0 bridgehead atoms. The molecule has 0 fully saturated rings. The van der Waals surface area contributed by atoms with Crippen LogP contribution in [0.3, 0.4) is 0 Å². The van der Waals surface area contributed by atoms with Crippen molar-refractivity contribution in [2.75, 3.05) is 19.8 Å². The number of rotatable bonds is 6. The van der Waals surface area contributed by atoms with E-state index in [1.165, 1.54) is 6.92 Å². The summed E-state index contributed by atoms with van der Waals surface area (Å²) in [7, 11) is 0. The molecule has 0 spiro atoms. The Balaban J connectivity index is 3.90. The highest BCUT2D eigenvalue weighted by atomic mass is 19.4. The van der Waals surface area contributed by atoms with Crippen LogP contribution in [-0.2, 0) is 14.3 Å². The van der Waals surface area contributed by atoms with Gasteiger partial charge in [0.15, 0.2) is 0 Å². The fraction of sp³-hybridized carbons (Fsp3) is 0.833. The zero-order valence-corrected chi connectivity index (χ0v) is 12.1. The van der Waals surface area contributed by atoms with E-state index in [4.69, 9.17) is 0 Å². The van der Waals surface area contributed by atoms with Gasteiger partial charge in [-0.2, -0.15) is 13.2 Å². The Morgan fingerprint density at radius 1 is 1.20 bits per heavy atom. The Kier molecular flexibility index (Phi) is 6.98. The number of carbonyl (C=O) groups excluding carboxylic acids is 2. The average Bonchev–Trinajstić information content (AvgIpc) is 2.25. The van der Waals surface area contributed by atoms with Gasteiger partial charge in [-0.1, -0.05) is 20.8 Å². The molecule has 5 nitrogen and oxygen atoms in total. The predicted octanol–water partition coefficient (Wildman–Crippen LogP) is 1.23. The van der Waals surface area contributed by atoms with Gasteiger partial charge in [-0.15, -0.1) is 0 Å². The summed E-state index contributed by atoms with van der Waals surface area (Å²) in [4.78, 5) is 23.2. The molecule has 2 amide bonds. The van der Waals surface area contributed by atoms with Gasteiger partial charge in [0.05, 0.1) is 6.61 Å². The molecule has 0 radical (unpaired) electrons. The maximum absolute atomic E-state index is 11.8. The summed E-state index contributed by atoms with van der Waals surface area (Å²) >= 11 is 0. The van der Waals surface area contributed by atoms with E-state index < -0.39 is 30.1 Å². The second kappa shape index (κ2) is 7.47. The monoisotopic (exact) mass is 298 g/mol. The van der Waals surface area contributed by atoms with Crippen molar-refractivity contribution in [3.63, 3.8) is 0 Å². The van der Waals surface area contributed by atoms with Crippen LogP contribution in [-0.4, -0.2) is 43.8 Å². The second-order valence-corrected chi connectivity index (χ2v) is 5.40. The maximum Gasteiger partial charge on any atom is 0.411 e. The van der Waals surface area contributed by atoms with E-state index in [1.807, 2.05) is 0 Å². The van der Waals surface area contributed by atoms with Crippen LogP contribution >= 0.6 is 0 Å². The molecule has 0 aromatic carbocycles. The van der Waals surface area contributed by atoms with Gasteiger partial charge in [0, 0.05) is 12.0 Å². The van der Waals surface area contributed by atoms with Crippen LogP contribution in [0.4, 0.5) is 13.2 Å². The van der Waals surface area contributed by atoms with Crippen molar-refractivity contribution in [2.45, 2.75) is 39.9 Å². The SMILES string of the molecule is CC(NC(=O)C(C)(C)C)C(=O)NCCOCC(F)(F)F. The lowest BCUT2D eigenvalue weighted by molar-refractivity contribution is -0.173. The van der Waals surface area contributed by atoms with Crippen LogP contribution < -0.4 is 10.6 Å². The number of alkyl halides is 3. The molecular formula is C12H21F3N2O3. The van der Waals surface area contributed by atoms with Crippen molar-refractivity contribution < 1.29 is 27.5 Å². The van der Waals surface area contributed by atoms with Crippen molar-refractivity contribution in [3.8, 4) is 0 Å². The molecule has 0 saturated carbocycles. The van der Waals surface area contributed by atoms with E-state index in [2.05, 4.69) is 15.4 Å². The van der Waals surface area contributed by atoms with E-state index in [1.54, 1.807) is 20.8 Å². The average molecular weight is 298 g/mol. The molecule has 0 saturated heterocycles. The first kappa shape index (κ1) is 18.7. The number of ether oxygens (including phenoxy) is 1. The Bertz CT molecular complexity index is 338. The Morgan fingerprint density at radius 2 is 1.75 bits per heavy atom. The lowest BCUT2D eigenvalue weighted by Crippen LogP contribution is -2.48. The van der Waals surface area contributed by atoms with Crippen LogP contribution in [0.5, 0.6) is 0 Å². The molecule has 0 aliphatic carbocycles. The van der Waals surface area contributed by atoms with E-state index in [0.717, 1.165) is 0 Å². The third kappa shape index (κ3) is 8.73. The fourth-order valence-corrected chi connectivity index (χ4v) is 1.07. The molecule has 0 rings (SSSR count). The third-order valence-electron chi connectivity index (χ3n) is 2.23. The third-order valence-corrected chi connectivity index (χ3v) is 2.23. The van der Waals surface area contributed by atoms with Crippen molar-refractivity contribution in [3.05, 3.63) is 0 Å². The molecule has 8 heteroatoms. The predicted molar refractivity (Wildman–Crippen MR) is 66.9 cm³/mol. The fourth-order valence-electron chi connectivity index (χ4n) is 1.07. The molecule has 0 aromatic heterocycles. The summed E-state index contributed by atoms with van der Waals surface area (Å²) in [5, 5.41) is 4.89. The zero-order valence-electron chi connectivity index (χ0n) is 12.1. The van der Waals surface area contributed by atoms with Gasteiger partial charge in [-0.05, 0) is 6.92 Å². The number of amides is 2. The largest absolute Gasteiger partial charge is 0.411 e. The molecule has 1 atom stereocenters. The first-order chi connectivity index (χ1) is 8.93. The molecular weight excluding hydrogens is 277 g/mol. The number of hydrogen-bond donors (Lipinski definition) is 2. The number of carbonyl (C=O) groups is 2. The number of halogens is 3. The zero-order chi connectivity index (χ0) is 16.0. The summed E-state index contributed by atoms with van der Waals surface area (Å²) in [6, 6.07) is -0.760. The maximum atomic E-state index is 11.8. The highest BCUT2D eigenvalue weighted by Crippen LogP contribution is 2.14. The van der Waals surface area contributed by atoms with E-state index in [-0.39, 0.29) is 19.1 Å². The summed E-state index contributed by atoms with van der Waals surface area (Å²) in [5.74, 6) is -0.758. The van der Waals surface area contributed by atoms with Crippen LogP contribution in [0, 0.1) is 5.41 Å².